The number of hydrogen-bond acceptors (Lipinski definition) is 5. The third-order valence-electron chi connectivity index (χ3n) is 3.30. The summed E-state index contributed by atoms with van der Waals surface area (Å²) in [5.74, 6) is 5.65. The van der Waals surface area contributed by atoms with Gasteiger partial charge in [0.25, 0.3) is 0 Å². The first-order valence-corrected chi connectivity index (χ1v) is 7.00. The normalized spacial score (nSPS) is 10.7. The number of hydrogen-bond donors (Lipinski definition) is 2. The van der Waals surface area contributed by atoms with E-state index in [0.717, 1.165) is 16.5 Å². The second kappa shape index (κ2) is 5.79. The molecule has 8 heteroatoms. The number of aryl methyl sites for hydroxylation is 1. The van der Waals surface area contributed by atoms with Gasteiger partial charge in [-0.25, -0.2) is 20.6 Å². The van der Waals surface area contributed by atoms with Gasteiger partial charge < -0.3 is 5.11 Å². The van der Waals surface area contributed by atoms with Crippen LogP contribution >= 0.6 is 11.6 Å². The monoisotopic (exact) mass is 329 g/mol. The Hall–Kier alpha value is -2.77. The van der Waals surface area contributed by atoms with Crippen molar-refractivity contribution in [1.29, 1.82) is 0 Å². The smallest absolute Gasteiger partial charge is 0.427 e. The maximum absolute atomic E-state index is 11.0. The third kappa shape index (κ3) is 2.92. The Kier molecular flexibility index (Phi) is 3.81. The van der Waals surface area contributed by atoms with E-state index in [1.54, 1.807) is 31.5 Å². The van der Waals surface area contributed by atoms with Crippen molar-refractivity contribution in [3.63, 3.8) is 0 Å². The molecule has 7 nitrogen and oxygen atoms in total. The number of hydrazine groups is 1. The zero-order chi connectivity index (χ0) is 16.6. The molecule has 0 saturated heterocycles. The van der Waals surface area contributed by atoms with Crippen LogP contribution in [0.1, 0.15) is 5.69 Å². The van der Waals surface area contributed by atoms with Gasteiger partial charge in [-0.15, -0.1) is 0 Å². The number of carboxylic acid groups (broad SMARTS) is 1. The summed E-state index contributed by atoms with van der Waals surface area (Å²) in [6.45, 7) is 1.76. The van der Waals surface area contributed by atoms with Gasteiger partial charge in [0.2, 0.25) is 0 Å². The van der Waals surface area contributed by atoms with Crippen molar-refractivity contribution in [1.82, 2.24) is 15.0 Å². The molecule has 3 N–H and O–H groups in total. The van der Waals surface area contributed by atoms with Gasteiger partial charge in [0.15, 0.2) is 5.82 Å². The van der Waals surface area contributed by atoms with E-state index < -0.39 is 6.09 Å². The summed E-state index contributed by atoms with van der Waals surface area (Å²) in [5.41, 5.74) is 2.92. The van der Waals surface area contributed by atoms with Crippen LogP contribution in [-0.4, -0.2) is 26.2 Å². The van der Waals surface area contributed by atoms with Gasteiger partial charge in [-0.1, -0.05) is 11.6 Å². The van der Waals surface area contributed by atoms with Crippen LogP contribution in [0.2, 0.25) is 5.15 Å². The number of rotatable bonds is 2. The molecular weight excluding hydrogens is 318 g/mol. The van der Waals surface area contributed by atoms with E-state index in [-0.39, 0.29) is 5.82 Å². The van der Waals surface area contributed by atoms with Crippen molar-refractivity contribution in [3.05, 3.63) is 47.5 Å². The molecule has 0 aromatic carbocycles. The largest absolute Gasteiger partial charge is 0.464 e. The van der Waals surface area contributed by atoms with E-state index in [0.29, 0.717) is 21.4 Å². The van der Waals surface area contributed by atoms with Gasteiger partial charge in [0.05, 0.1) is 11.7 Å². The Bertz CT molecular complexity index is 916. The fourth-order valence-corrected chi connectivity index (χ4v) is 2.46. The molecule has 0 unspecified atom stereocenters. The highest BCUT2D eigenvalue weighted by molar-refractivity contribution is 6.30. The molecule has 0 fully saturated rings. The van der Waals surface area contributed by atoms with Gasteiger partial charge >= 0.3 is 6.09 Å². The van der Waals surface area contributed by atoms with E-state index in [2.05, 4.69) is 15.0 Å². The van der Waals surface area contributed by atoms with E-state index in [4.69, 9.17) is 22.6 Å². The first kappa shape index (κ1) is 15.1. The molecule has 3 rings (SSSR count). The van der Waals surface area contributed by atoms with Crippen LogP contribution in [0.5, 0.6) is 0 Å². The Morgan fingerprint density at radius 3 is 2.83 bits per heavy atom. The number of carbonyl (C=O) groups is 1. The SMILES string of the molecule is Cc1cc(-c2ccnc3cnc(Cl)cc23)cc(N(N)C(=O)O)n1. The molecule has 0 radical (unpaired) electrons. The summed E-state index contributed by atoms with van der Waals surface area (Å²) < 4.78 is 0. The molecule has 3 heterocycles. The summed E-state index contributed by atoms with van der Waals surface area (Å²) in [6, 6.07) is 6.97. The van der Waals surface area contributed by atoms with Crippen molar-refractivity contribution in [3.8, 4) is 11.1 Å². The van der Waals surface area contributed by atoms with Crippen LogP contribution in [0.15, 0.2) is 36.7 Å². The van der Waals surface area contributed by atoms with Crippen LogP contribution in [-0.2, 0) is 0 Å². The van der Waals surface area contributed by atoms with E-state index in [9.17, 15) is 4.79 Å². The molecule has 23 heavy (non-hydrogen) atoms. The summed E-state index contributed by atoms with van der Waals surface area (Å²) in [4.78, 5) is 23.4. The van der Waals surface area contributed by atoms with Crippen molar-refractivity contribution >= 4 is 34.4 Å². The maximum Gasteiger partial charge on any atom is 0.427 e. The Balaban J connectivity index is 2.23. The number of pyridine rings is 3. The second-order valence-corrected chi connectivity index (χ2v) is 5.28. The predicted molar refractivity (Wildman–Crippen MR) is 87.2 cm³/mol. The van der Waals surface area contributed by atoms with Crippen molar-refractivity contribution in [2.75, 3.05) is 5.01 Å². The summed E-state index contributed by atoms with van der Waals surface area (Å²) in [6.07, 6.45) is 1.95. The maximum atomic E-state index is 11.0. The van der Waals surface area contributed by atoms with Gasteiger partial charge in [-0.05, 0) is 42.3 Å². The van der Waals surface area contributed by atoms with Crippen LogP contribution in [0.4, 0.5) is 10.6 Å². The number of nitrogens with two attached hydrogens (primary N) is 1. The zero-order valence-electron chi connectivity index (χ0n) is 12.1. The average molecular weight is 330 g/mol. The van der Waals surface area contributed by atoms with Crippen LogP contribution in [0.3, 0.4) is 0 Å². The van der Waals surface area contributed by atoms with Crippen LogP contribution in [0.25, 0.3) is 22.0 Å². The van der Waals surface area contributed by atoms with Gasteiger partial charge in [0, 0.05) is 17.3 Å². The number of halogens is 1. The van der Waals surface area contributed by atoms with Gasteiger partial charge in [0.1, 0.15) is 5.15 Å². The Morgan fingerprint density at radius 2 is 2.09 bits per heavy atom. The molecule has 0 atom stereocenters. The number of fused-ring (bicyclic) bond motifs is 1. The molecule has 116 valence electrons. The first-order chi connectivity index (χ1) is 11.0. The second-order valence-electron chi connectivity index (χ2n) is 4.89. The number of aromatic nitrogens is 3. The minimum Gasteiger partial charge on any atom is -0.464 e. The molecule has 3 aromatic rings. The molecule has 0 bridgehead atoms. The lowest BCUT2D eigenvalue weighted by atomic mass is 10.0. The highest BCUT2D eigenvalue weighted by Crippen LogP contribution is 2.30. The topological polar surface area (TPSA) is 105 Å². The molecule has 1 amide bonds. The molecule has 0 aliphatic carbocycles. The lowest BCUT2D eigenvalue weighted by Crippen LogP contribution is -2.36. The molecule has 0 aliphatic rings. The predicted octanol–water partition coefficient (Wildman–Crippen LogP) is 3.01. The average Bonchev–Trinajstić information content (AvgIpc) is 2.52. The van der Waals surface area contributed by atoms with E-state index >= 15 is 0 Å². The third-order valence-corrected chi connectivity index (χ3v) is 3.51. The number of nitrogens with zero attached hydrogens (tertiary/aromatic N) is 4. The van der Waals surface area contributed by atoms with Crippen LogP contribution < -0.4 is 10.9 Å². The fourth-order valence-electron chi connectivity index (χ4n) is 2.30. The molecular formula is C15H12ClN5O2. The summed E-state index contributed by atoms with van der Waals surface area (Å²) in [5, 5.41) is 10.8. The van der Waals surface area contributed by atoms with Crippen molar-refractivity contribution in [2.24, 2.45) is 5.84 Å². The highest BCUT2D eigenvalue weighted by atomic mass is 35.5. The minimum atomic E-state index is -1.29. The molecule has 0 spiro atoms. The lowest BCUT2D eigenvalue weighted by molar-refractivity contribution is 0.201. The lowest BCUT2D eigenvalue weighted by Gasteiger charge is -2.14. The Labute approximate surface area is 136 Å². The fraction of sp³-hybridized carbons (Fsp3) is 0.0667. The summed E-state index contributed by atoms with van der Waals surface area (Å²) in [7, 11) is 0. The number of amides is 1. The molecule has 0 saturated carbocycles. The van der Waals surface area contributed by atoms with E-state index in [1.807, 2.05) is 12.1 Å². The quantitative estimate of drug-likeness (QED) is 0.324. The van der Waals surface area contributed by atoms with Crippen molar-refractivity contribution < 1.29 is 9.90 Å². The minimum absolute atomic E-state index is 0.137. The molecule has 3 aromatic heterocycles. The summed E-state index contributed by atoms with van der Waals surface area (Å²) >= 11 is 5.98. The standard InChI is InChI=1S/C15H12ClN5O2/c1-8-4-9(5-14(20-8)21(17)15(22)23)10-2-3-18-12-7-19-13(16)6-11(10)12/h2-7H,17H2,1H3,(H,22,23). The molecule has 0 aliphatic heterocycles. The zero-order valence-corrected chi connectivity index (χ0v) is 12.8. The first-order valence-electron chi connectivity index (χ1n) is 6.63. The van der Waals surface area contributed by atoms with E-state index in [1.165, 1.54) is 0 Å². The Morgan fingerprint density at radius 1 is 1.30 bits per heavy atom. The highest BCUT2D eigenvalue weighted by Gasteiger charge is 2.14. The van der Waals surface area contributed by atoms with Gasteiger partial charge in [-0.3, -0.25) is 4.98 Å². The number of anilines is 1. The van der Waals surface area contributed by atoms with Crippen molar-refractivity contribution in [2.45, 2.75) is 6.92 Å². The van der Waals surface area contributed by atoms with Crippen LogP contribution in [0, 0.1) is 6.92 Å². The van der Waals surface area contributed by atoms with Gasteiger partial charge in [-0.2, -0.15) is 5.01 Å².